The highest BCUT2D eigenvalue weighted by Crippen LogP contribution is 2.15. The van der Waals surface area contributed by atoms with E-state index in [4.69, 9.17) is 11.3 Å². The van der Waals surface area contributed by atoms with Crippen LogP contribution in [-0.4, -0.2) is 6.54 Å². The van der Waals surface area contributed by atoms with Gasteiger partial charge >= 0.3 is 0 Å². The molecule has 0 aliphatic heterocycles. The molecule has 0 saturated carbocycles. The highest BCUT2D eigenvalue weighted by molar-refractivity contribution is 5.49. The molecule has 0 radical (unpaired) electrons. The van der Waals surface area contributed by atoms with Crippen LogP contribution in [0.1, 0.15) is 12.0 Å². The van der Waals surface area contributed by atoms with Crippen molar-refractivity contribution >= 4 is 5.69 Å². The largest absolute Gasteiger partial charge is 0.396 e. The Bertz CT molecular complexity index is 496. The van der Waals surface area contributed by atoms with Gasteiger partial charge in [0.2, 0.25) is 0 Å². The Morgan fingerprint density at radius 1 is 1.38 bits per heavy atom. The Balaban J connectivity index is 2.80. The van der Waals surface area contributed by atoms with Gasteiger partial charge in [0.15, 0.2) is 0 Å². The van der Waals surface area contributed by atoms with E-state index < -0.39 is 11.6 Å². The van der Waals surface area contributed by atoms with E-state index >= 15 is 0 Å². The molecule has 2 N–H and O–H groups in total. The lowest BCUT2D eigenvalue weighted by atomic mass is 10.2. The van der Waals surface area contributed by atoms with Crippen molar-refractivity contribution in [3.8, 4) is 11.8 Å². The van der Waals surface area contributed by atoms with Crippen LogP contribution < -0.4 is 5.73 Å². The molecule has 0 unspecified atom stereocenters. The van der Waals surface area contributed by atoms with E-state index in [1.165, 1.54) is 0 Å². The van der Waals surface area contributed by atoms with Crippen molar-refractivity contribution in [3.05, 3.63) is 39.8 Å². The molecule has 0 spiro atoms. The van der Waals surface area contributed by atoms with Gasteiger partial charge < -0.3 is 5.73 Å². The fourth-order valence-electron chi connectivity index (χ4n) is 0.970. The van der Waals surface area contributed by atoms with E-state index in [1.807, 2.05) is 0 Å². The fraction of sp³-hybridized carbons (Fsp3) is 0.200. The third kappa shape index (κ3) is 3.15. The second-order valence-corrected chi connectivity index (χ2v) is 2.86. The summed E-state index contributed by atoms with van der Waals surface area (Å²) in [6.07, 6.45) is 0.306. The zero-order valence-corrected chi connectivity index (χ0v) is 8.24. The Morgan fingerprint density at radius 3 is 2.81 bits per heavy atom. The number of nitrogen functional groups attached to an aromatic ring is 1. The fourth-order valence-corrected chi connectivity index (χ4v) is 0.970. The molecule has 0 bridgehead atoms. The molecule has 0 atom stereocenters. The summed E-state index contributed by atoms with van der Waals surface area (Å²) < 4.78 is 25.9. The van der Waals surface area contributed by atoms with Gasteiger partial charge in [-0.1, -0.05) is 17.0 Å². The maximum atomic E-state index is 13.1. The van der Waals surface area contributed by atoms with Crippen LogP contribution in [0.5, 0.6) is 0 Å². The molecule has 0 fully saturated rings. The maximum absolute atomic E-state index is 13.1. The van der Waals surface area contributed by atoms with Gasteiger partial charge in [0, 0.05) is 23.9 Å². The molecule has 0 aliphatic carbocycles. The third-order valence-electron chi connectivity index (χ3n) is 1.71. The predicted molar refractivity (Wildman–Crippen MR) is 56.3 cm³/mol. The summed E-state index contributed by atoms with van der Waals surface area (Å²) in [7, 11) is 0. The van der Waals surface area contributed by atoms with Gasteiger partial charge in [0.25, 0.3) is 0 Å². The van der Waals surface area contributed by atoms with Crippen molar-refractivity contribution in [3.63, 3.8) is 0 Å². The van der Waals surface area contributed by atoms with Crippen LogP contribution in [0.4, 0.5) is 14.5 Å². The number of azide groups is 1. The van der Waals surface area contributed by atoms with Gasteiger partial charge in [0.05, 0.1) is 11.3 Å². The summed E-state index contributed by atoms with van der Waals surface area (Å²) >= 11 is 0. The van der Waals surface area contributed by atoms with Crippen molar-refractivity contribution in [1.82, 2.24) is 0 Å². The molecule has 1 aromatic rings. The third-order valence-corrected chi connectivity index (χ3v) is 1.71. The van der Waals surface area contributed by atoms with Crippen LogP contribution in [-0.2, 0) is 0 Å². The standard InChI is InChI=1S/C10H8F2N4/c11-8-6-9(12)10(13)5-7(8)3-1-2-4-15-16-14/h5-6H,2,4,13H2. The van der Waals surface area contributed by atoms with Crippen molar-refractivity contribution in [2.45, 2.75) is 6.42 Å². The Hall–Kier alpha value is -2.25. The molecule has 6 heteroatoms. The summed E-state index contributed by atoms with van der Waals surface area (Å²) in [5.41, 5.74) is 13.1. The zero-order valence-electron chi connectivity index (χ0n) is 8.24. The molecule has 0 amide bonds. The summed E-state index contributed by atoms with van der Waals surface area (Å²) in [5.74, 6) is 3.51. The summed E-state index contributed by atoms with van der Waals surface area (Å²) in [6.45, 7) is 0.210. The van der Waals surface area contributed by atoms with Crippen LogP contribution in [0.2, 0.25) is 0 Å². The minimum absolute atomic E-state index is 0.0276. The first-order valence-corrected chi connectivity index (χ1v) is 4.39. The van der Waals surface area contributed by atoms with E-state index in [0.29, 0.717) is 12.5 Å². The van der Waals surface area contributed by atoms with Crippen LogP contribution in [0.3, 0.4) is 0 Å². The lowest BCUT2D eigenvalue weighted by Crippen LogP contribution is -1.94. The number of halogens is 2. The van der Waals surface area contributed by atoms with E-state index in [2.05, 4.69) is 21.9 Å². The number of benzene rings is 1. The van der Waals surface area contributed by atoms with Crippen LogP contribution in [0.25, 0.3) is 10.4 Å². The van der Waals surface area contributed by atoms with Crippen LogP contribution in [0, 0.1) is 23.5 Å². The van der Waals surface area contributed by atoms with Crippen LogP contribution in [0.15, 0.2) is 17.2 Å². The van der Waals surface area contributed by atoms with E-state index in [1.54, 1.807) is 0 Å². The first-order chi connectivity index (χ1) is 7.65. The van der Waals surface area contributed by atoms with E-state index in [-0.39, 0.29) is 17.8 Å². The molecule has 1 rings (SSSR count). The number of hydrogen-bond acceptors (Lipinski definition) is 2. The molecule has 0 saturated heterocycles. The van der Waals surface area contributed by atoms with Gasteiger partial charge in [-0.3, -0.25) is 0 Å². The molecule has 82 valence electrons. The molecule has 0 aromatic heterocycles. The van der Waals surface area contributed by atoms with Crippen molar-refractivity contribution < 1.29 is 8.78 Å². The number of anilines is 1. The van der Waals surface area contributed by atoms with Gasteiger partial charge in [-0.05, 0) is 11.6 Å². The minimum Gasteiger partial charge on any atom is -0.396 e. The smallest absolute Gasteiger partial charge is 0.149 e. The van der Waals surface area contributed by atoms with Gasteiger partial charge in [-0.2, -0.15) is 0 Å². The zero-order chi connectivity index (χ0) is 12.0. The average molecular weight is 222 g/mol. The normalized spacial score (nSPS) is 8.88. The molecule has 16 heavy (non-hydrogen) atoms. The minimum atomic E-state index is -0.808. The van der Waals surface area contributed by atoms with Crippen molar-refractivity contribution in [2.24, 2.45) is 5.11 Å². The Labute approximate surface area is 90.7 Å². The first-order valence-electron chi connectivity index (χ1n) is 4.39. The second-order valence-electron chi connectivity index (χ2n) is 2.86. The number of nitrogens with zero attached hydrogens (tertiary/aromatic N) is 3. The highest BCUT2D eigenvalue weighted by Gasteiger charge is 2.04. The summed E-state index contributed by atoms with van der Waals surface area (Å²) in [5, 5.41) is 3.26. The predicted octanol–water partition coefficient (Wildman–Crippen LogP) is 2.60. The van der Waals surface area contributed by atoms with E-state index in [0.717, 1.165) is 6.07 Å². The van der Waals surface area contributed by atoms with Crippen LogP contribution >= 0.6 is 0 Å². The maximum Gasteiger partial charge on any atom is 0.149 e. The quantitative estimate of drug-likeness (QED) is 0.205. The average Bonchev–Trinajstić information content (AvgIpc) is 2.25. The van der Waals surface area contributed by atoms with Crippen molar-refractivity contribution in [2.75, 3.05) is 12.3 Å². The van der Waals surface area contributed by atoms with Gasteiger partial charge in [0.1, 0.15) is 11.6 Å². The topological polar surface area (TPSA) is 74.8 Å². The Kier molecular flexibility index (Phi) is 4.13. The molecular formula is C10H8F2N4. The monoisotopic (exact) mass is 222 g/mol. The SMILES string of the molecule is [N-]=[N+]=NCCC#Cc1cc(N)c(F)cc1F. The van der Waals surface area contributed by atoms with Gasteiger partial charge in [-0.25, -0.2) is 8.78 Å². The first kappa shape index (κ1) is 11.8. The molecular weight excluding hydrogens is 214 g/mol. The lowest BCUT2D eigenvalue weighted by molar-refractivity contribution is 0.584. The lowest BCUT2D eigenvalue weighted by Gasteiger charge is -1.98. The second kappa shape index (κ2) is 5.59. The molecule has 4 nitrogen and oxygen atoms in total. The van der Waals surface area contributed by atoms with Gasteiger partial charge in [-0.15, -0.1) is 0 Å². The number of nitrogens with two attached hydrogens (primary N) is 1. The molecule has 0 aliphatic rings. The highest BCUT2D eigenvalue weighted by atomic mass is 19.1. The summed E-state index contributed by atoms with van der Waals surface area (Å²) in [6, 6.07) is 1.82. The van der Waals surface area contributed by atoms with E-state index in [9.17, 15) is 8.78 Å². The Morgan fingerprint density at radius 2 is 2.12 bits per heavy atom. The van der Waals surface area contributed by atoms with Crippen molar-refractivity contribution in [1.29, 1.82) is 0 Å². The summed E-state index contributed by atoms with van der Waals surface area (Å²) in [4.78, 5) is 2.54. The number of rotatable bonds is 2. The molecule has 1 aromatic carbocycles. The molecule has 0 heterocycles. The number of hydrogen-bond donors (Lipinski definition) is 1.